The first kappa shape index (κ1) is 15.8. The van der Waals surface area contributed by atoms with Crippen LogP contribution < -0.4 is 5.32 Å². The van der Waals surface area contributed by atoms with Gasteiger partial charge >= 0.3 is 5.97 Å². The second kappa shape index (κ2) is 7.41. The molecule has 2 fully saturated rings. The van der Waals surface area contributed by atoms with Crippen molar-refractivity contribution >= 4 is 5.97 Å². The number of rotatable bonds is 7. The summed E-state index contributed by atoms with van der Waals surface area (Å²) in [6.07, 6.45) is 4.92. The number of nitrogens with one attached hydrogen (secondary N) is 1. The largest absolute Gasteiger partial charge is 0.465 e. The standard InChI is InChI=1S/C16H30N2O2/c1-4-20-16(19)15(17-14-5-6-14)11-18-9-7-13(8-10-18)12(2)3/h12-15,17H,4-11H2,1-3H3. The minimum atomic E-state index is -0.141. The molecule has 4 heteroatoms. The summed E-state index contributed by atoms with van der Waals surface area (Å²) in [6, 6.07) is 0.399. The highest BCUT2D eigenvalue weighted by molar-refractivity contribution is 5.76. The van der Waals surface area contributed by atoms with Crippen LogP contribution in [0, 0.1) is 11.8 Å². The number of hydrogen-bond donors (Lipinski definition) is 1. The van der Waals surface area contributed by atoms with Crippen molar-refractivity contribution < 1.29 is 9.53 Å². The van der Waals surface area contributed by atoms with Crippen LogP contribution in [0.15, 0.2) is 0 Å². The Kier molecular flexibility index (Phi) is 5.85. The van der Waals surface area contributed by atoms with Gasteiger partial charge in [-0.1, -0.05) is 13.8 Å². The second-order valence-corrected chi connectivity index (χ2v) is 6.63. The lowest BCUT2D eigenvalue weighted by Gasteiger charge is -2.35. The van der Waals surface area contributed by atoms with Gasteiger partial charge in [-0.2, -0.15) is 0 Å². The molecule has 116 valence electrons. The molecule has 2 aliphatic rings. The first-order chi connectivity index (χ1) is 9.60. The molecule has 2 rings (SSSR count). The van der Waals surface area contributed by atoms with Gasteiger partial charge < -0.3 is 15.0 Å². The fourth-order valence-corrected chi connectivity index (χ4v) is 3.03. The molecule has 1 saturated carbocycles. The van der Waals surface area contributed by atoms with Gasteiger partial charge in [-0.3, -0.25) is 4.79 Å². The lowest BCUT2D eigenvalue weighted by molar-refractivity contribution is -0.146. The summed E-state index contributed by atoms with van der Waals surface area (Å²) in [7, 11) is 0. The average Bonchev–Trinajstić information content (AvgIpc) is 3.23. The van der Waals surface area contributed by atoms with Crippen LogP contribution in [0.5, 0.6) is 0 Å². The van der Waals surface area contributed by atoms with Crippen molar-refractivity contribution in [2.45, 2.75) is 58.5 Å². The summed E-state index contributed by atoms with van der Waals surface area (Å²) in [4.78, 5) is 14.5. The zero-order valence-electron chi connectivity index (χ0n) is 13.2. The van der Waals surface area contributed by atoms with Crippen LogP contribution in [0.25, 0.3) is 0 Å². The Balaban J connectivity index is 1.80. The number of nitrogens with zero attached hydrogens (tertiary/aromatic N) is 1. The van der Waals surface area contributed by atoms with E-state index in [1.54, 1.807) is 0 Å². The molecule has 0 aromatic heterocycles. The second-order valence-electron chi connectivity index (χ2n) is 6.63. The quantitative estimate of drug-likeness (QED) is 0.726. The van der Waals surface area contributed by atoms with Gasteiger partial charge in [0.15, 0.2) is 0 Å². The van der Waals surface area contributed by atoms with Crippen molar-refractivity contribution in [3.8, 4) is 0 Å². The van der Waals surface area contributed by atoms with E-state index in [0.717, 1.165) is 31.5 Å². The van der Waals surface area contributed by atoms with Crippen molar-refractivity contribution in [3.63, 3.8) is 0 Å². The number of ether oxygens (including phenoxy) is 1. The Morgan fingerprint density at radius 1 is 1.25 bits per heavy atom. The summed E-state index contributed by atoms with van der Waals surface area (Å²) in [5, 5.41) is 3.44. The minimum absolute atomic E-state index is 0.0783. The van der Waals surface area contributed by atoms with Gasteiger partial charge in [0.25, 0.3) is 0 Å². The van der Waals surface area contributed by atoms with Crippen molar-refractivity contribution in [1.82, 2.24) is 10.2 Å². The van der Waals surface area contributed by atoms with Gasteiger partial charge in [-0.05, 0) is 57.5 Å². The molecular formula is C16H30N2O2. The molecule has 1 saturated heterocycles. The summed E-state index contributed by atoms with van der Waals surface area (Å²) in [5.41, 5.74) is 0. The third kappa shape index (κ3) is 4.74. The predicted octanol–water partition coefficient (Wildman–Crippen LogP) is 2.04. The first-order valence-corrected chi connectivity index (χ1v) is 8.25. The smallest absolute Gasteiger partial charge is 0.324 e. The third-order valence-corrected chi connectivity index (χ3v) is 4.60. The number of likely N-dealkylation sites (tertiary alicyclic amines) is 1. The highest BCUT2D eigenvalue weighted by atomic mass is 16.5. The molecule has 1 atom stereocenters. The molecule has 0 aromatic rings. The van der Waals surface area contributed by atoms with Crippen LogP contribution in [-0.2, 0) is 9.53 Å². The molecule has 0 aromatic carbocycles. The number of esters is 1. The molecule has 4 nitrogen and oxygen atoms in total. The highest BCUT2D eigenvalue weighted by Gasteiger charge is 2.31. The van der Waals surface area contributed by atoms with Crippen LogP contribution in [0.3, 0.4) is 0 Å². The highest BCUT2D eigenvalue weighted by Crippen LogP contribution is 2.25. The van der Waals surface area contributed by atoms with Crippen LogP contribution in [-0.4, -0.2) is 49.2 Å². The monoisotopic (exact) mass is 282 g/mol. The van der Waals surface area contributed by atoms with Gasteiger partial charge in [0.2, 0.25) is 0 Å². The Hall–Kier alpha value is -0.610. The van der Waals surface area contributed by atoms with Gasteiger partial charge in [0, 0.05) is 12.6 Å². The Bertz CT molecular complexity index is 308. The van der Waals surface area contributed by atoms with E-state index >= 15 is 0 Å². The van der Waals surface area contributed by atoms with Gasteiger partial charge in [0.1, 0.15) is 6.04 Å². The van der Waals surface area contributed by atoms with Crippen molar-refractivity contribution in [2.75, 3.05) is 26.2 Å². The summed E-state index contributed by atoms with van der Waals surface area (Å²) >= 11 is 0. The van der Waals surface area contributed by atoms with Gasteiger partial charge in [-0.15, -0.1) is 0 Å². The summed E-state index contributed by atoms with van der Waals surface area (Å²) in [5.74, 6) is 1.55. The Labute approximate surface area is 123 Å². The lowest BCUT2D eigenvalue weighted by atomic mass is 9.86. The molecule has 0 radical (unpaired) electrons. The van der Waals surface area contributed by atoms with Crippen LogP contribution >= 0.6 is 0 Å². The fraction of sp³-hybridized carbons (Fsp3) is 0.938. The topological polar surface area (TPSA) is 41.6 Å². The molecule has 1 aliphatic heterocycles. The van der Waals surface area contributed by atoms with Crippen molar-refractivity contribution in [1.29, 1.82) is 0 Å². The molecule has 1 aliphatic carbocycles. The fourth-order valence-electron chi connectivity index (χ4n) is 3.03. The molecular weight excluding hydrogens is 252 g/mol. The van der Waals surface area contributed by atoms with Crippen LogP contribution in [0.2, 0.25) is 0 Å². The minimum Gasteiger partial charge on any atom is -0.465 e. The zero-order valence-corrected chi connectivity index (χ0v) is 13.2. The molecule has 20 heavy (non-hydrogen) atoms. The molecule has 0 amide bonds. The summed E-state index contributed by atoms with van der Waals surface area (Å²) in [6.45, 7) is 10.0. The predicted molar refractivity (Wildman–Crippen MR) is 80.6 cm³/mol. The third-order valence-electron chi connectivity index (χ3n) is 4.60. The normalized spacial score (nSPS) is 23.0. The van der Waals surface area contributed by atoms with Crippen LogP contribution in [0.4, 0.5) is 0 Å². The number of hydrogen-bond acceptors (Lipinski definition) is 4. The van der Waals surface area contributed by atoms with Gasteiger partial charge in [-0.25, -0.2) is 0 Å². The van der Waals surface area contributed by atoms with E-state index in [2.05, 4.69) is 24.1 Å². The van der Waals surface area contributed by atoms with E-state index in [-0.39, 0.29) is 12.0 Å². The molecule has 1 unspecified atom stereocenters. The van der Waals surface area contributed by atoms with E-state index in [0.29, 0.717) is 12.6 Å². The van der Waals surface area contributed by atoms with E-state index in [4.69, 9.17) is 4.74 Å². The molecule has 1 heterocycles. The van der Waals surface area contributed by atoms with Crippen molar-refractivity contribution in [3.05, 3.63) is 0 Å². The number of piperidine rings is 1. The summed E-state index contributed by atoms with van der Waals surface area (Å²) < 4.78 is 5.21. The zero-order chi connectivity index (χ0) is 14.5. The van der Waals surface area contributed by atoms with E-state index in [9.17, 15) is 4.79 Å². The van der Waals surface area contributed by atoms with Crippen molar-refractivity contribution in [2.24, 2.45) is 11.8 Å². The van der Waals surface area contributed by atoms with Gasteiger partial charge in [0.05, 0.1) is 6.61 Å². The Morgan fingerprint density at radius 3 is 2.40 bits per heavy atom. The SMILES string of the molecule is CCOC(=O)C(CN1CCC(C(C)C)CC1)NC1CC1. The van der Waals surface area contributed by atoms with E-state index < -0.39 is 0 Å². The van der Waals surface area contributed by atoms with E-state index in [1.807, 2.05) is 6.92 Å². The van der Waals surface area contributed by atoms with E-state index in [1.165, 1.54) is 25.7 Å². The maximum Gasteiger partial charge on any atom is 0.324 e. The number of carbonyl (C=O) groups is 1. The maximum absolute atomic E-state index is 12.0. The van der Waals surface area contributed by atoms with Crippen LogP contribution in [0.1, 0.15) is 46.5 Å². The first-order valence-electron chi connectivity index (χ1n) is 8.25. The lowest BCUT2D eigenvalue weighted by Crippen LogP contribution is -2.49. The number of carbonyl (C=O) groups excluding carboxylic acids is 1. The molecule has 0 bridgehead atoms. The maximum atomic E-state index is 12.0. The molecule has 1 N–H and O–H groups in total. The Morgan fingerprint density at radius 2 is 1.90 bits per heavy atom. The molecule has 0 spiro atoms. The average molecular weight is 282 g/mol.